The largest absolute Gasteiger partial charge is 0.484 e. The van der Waals surface area contributed by atoms with E-state index in [2.05, 4.69) is 5.32 Å². The quantitative estimate of drug-likeness (QED) is 0.693. The summed E-state index contributed by atoms with van der Waals surface area (Å²) in [4.78, 5) is 33.3. The minimum atomic E-state index is -1.13. The van der Waals surface area contributed by atoms with E-state index in [9.17, 15) is 14.4 Å². The van der Waals surface area contributed by atoms with Gasteiger partial charge in [0.2, 0.25) is 5.91 Å². The number of anilines is 1. The molecule has 0 aliphatic carbocycles. The molecule has 0 aromatic heterocycles. The number of benzene rings is 1. The second-order valence-corrected chi connectivity index (χ2v) is 5.19. The van der Waals surface area contributed by atoms with Gasteiger partial charge in [-0.2, -0.15) is 0 Å². The third kappa shape index (κ3) is 5.52. The molecule has 1 rings (SSSR count). The number of hydrogen-bond acceptors (Lipinski definition) is 4. The van der Waals surface area contributed by atoms with E-state index >= 15 is 0 Å². The lowest BCUT2D eigenvalue weighted by atomic mass is 9.89. The molecule has 0 spiro atoms. The molecule has 0 fully saturated rings. The van der Waals surface area contributed by atoms with E-state index in [4.69, 9.17) is 15.6 Å². The Balaban J connectivity index is 2.57. The van der Waals surface area contributed by atoms with Crippen LogP contribution in [0.25, 0.3) is 0 Å². The second-order valence-electron chi connectivity index (χ2n) is 5.19. The second kappa shape index (κ2) is 6.74. The van der Waals surface area contributed by atoms with Crippen molar-refractivity contribution in [2.24, 2.45) is 11.1 Å². The number of carboxylic acids is 1. The Morgan fingerprint density at radius 1 is 1.24 bits per heavy atom. The van der Waals surface area contributed by atoms with Gasteiger partial charge >= 0.3 is 5.97 Å². The third-order valence-corrected chi connectivity index (χ3v) is 2.70. The van der Waals surface area contributed by atoms with Gasteiger partial charge in [-0.1, -0.05) is 0 Å². The molecule has 114 valence electrons. The van der Waals surface area contributed by atoms with Crippen molar-refractivity contribution < 1.29 is 24.2 Å². The minimum absolute atomic E-state index is 0.137. The zero-order valence-electron chi connectivity index (χ0n) is 11.9. The van der Waals surface area contributed by atoms with Crippen molar-refractivity contribution in [2.75, 3.05) is 11.9 Å². The van der Waals surface area contributed by atoms with Gasteiger partial charge in [0.15, 0.2) is 6.61 Å². The van der Waals surface area contributed by atoms with Crippen LogP contribution in [0.3, 0.4) is 0 Å². The lowest BCUT2D eigenvalue weighted by Crippen LogP contribution is -2.29. The van der Waals surface area contributed by atoms with Crippen molar-refractivity contribution in [3.8, 4) is 5.75 Å². The van der Waals surface area contributed by atoms with Crippen molar-refractivity contribution in [1.82, 2.24) is 0 Å². The van der Waals surface area contributed by atoms with Crippen LogP contribution in [-0.4, -0.2) is 29.5 Å². The van der Waals surface area contributed by atoms with Gasteiger partial charge in [-0.15, -0.1) is 0 Å². The molecule has 0 atom stereocenters. The molecule has 0 aliphatic rings. The van der Waals surface area contributed by atoms with Crippen molar-refractivity contribution in [3.05, 3.63) is 24.3 Å². The molecule has 21 heavy (non-hydrogen) atoms. The summed E-state index contributed by atoms with van der Waals surface area (Å²) in [6, 6.07) is 6.31. The highest BCUT2D eigenvalue weighted by Crippen LogP contribution is 2.22. The molecule has 0 aliphatic heterocycles. The van der Waals surface area contributed by atoms with Crippen LogP contribution < -0.4 is 15.8 Å². The third-order valence-electron chi connectivity index (χ3n) is 2.70. The van der Waals surface area contributed by atoms with Gasteiger partial charge in [-0.25, -0.2) is 0 Å². The Morgan fingerprint density at radius 2 is 1.81 bits per heavy atom. The standard InChI is InChI=1S/C14H18N2O5/c1-14(2,13(19)20)7-12(18)16-9-3-5-10(6-4-9)21-8-11(15)17/h3-6H,7-8H2,1-2H3,(H2,15,17)(H,16,18)(H,19,20). The summed E-state index contributed by atoms with van der Waals surface area (Å²) in [6.45, 7) is 2.74. The lowest BCUT2D eigenvalue weighted by molar-refractivity contribution is -0.149. The molecule has 0 saturated carbocycles. The molecule has 1 aromatic rings. The summed E-state index contributed by atoms with van der Waals surface area (Å²) >= 11 is 0. The average Bonchev–Trinajstić information content (AvgIpc) is 2.36. The van der Waals surface area contributed by atoms with E-state index in [1.165, 1.54) is 13.8 Å². The predicted octanol–water partition coefficient (Wildman–Crippen LogP) is 0.990. The molecular formula is C14H18N2O5. The minimum Gasteiger partial charge on any atom is -0.484 e. The topological polar surface area (TPSA) is 119 Å². The normalized spacial score (nSPS) is 10.8. The van der Waals surface area contributed by atoms with Crippen LogP contribution in [0.1, 0.15) is 20.3 Å². The first-order valence-electron chi connectivity index (χ1n) is 6.25. The molecular weight excluding hydrogens is 276 g/mol. The van der Waals surface area contributed by atoms with Crippen LogP contribution in [0.15, 0.2) is 24.3 Å². The zero-order chi connectivity index (χ0) is 16.0. The predicted molar refractivity (Wildman–Crippen MR) is 75.8 cm³/mol. The number of aliphatic carboxylic acids is 1. The zero-order valence-corrected chi connectivity index (χ0v) is 11.9. The van der Waals surface area contributed by atoms with Crippen LogP contribution in [0, 0.1) is 5.41 Å². The first-order chi connectivity index (χ1) is 9.70. The van der Waals surface area contributed by atoms with Gasteiger partial charge in [0.25, 0.3) is 5.91 Å². The Hall–Kier alpha value is -2.57. The highest BCUT2D eigenvalue weighted by molar-refractivity contribution is 5.94. The molecule has 2 amide bonds. The Bertz CT molecular complexity index is 537. The molecule has 0 bridgehead atoms. The Morgan fingerprint density at radius 3 is 2.29 bits per heavy atom. The Labute approximate surface area is 122 Å². The highest BCUT2D eigenvalue weighted by Gasteiger charge is 2.30. The highest BCUT2D eigenvalue weighted by atomic mass is 16.5. The number of nitrogens with one attached hydrogen (secondary N) is 1. The van der Waals surface area contributed by atoms with Crippen LogP contribution in [-0.2, 0) is 14.4 Å². The van der Waals surface area contributed by atoms with Crippen LogP contribution in [0.4, 0.5) is 5.69 Å². The van der Waals surface area contributed by atoms with Crippen molar-refractivity contribution in [2.45, 2.75) is 20.3 Å². The fraction of sp³-hybridized carbons (Fsp3) is 0.357. The molecule has 0 unspecified atom stereocenters. The average molecular weight is 294 g/mol. The molecule has 1 aromatic carbocycles. The number of ether oxygens (including phenoxy) is 1. The number of rotatable bonds is 7. The van der Waals surface area contributed by atoms with E-state index in [1.807, 2.05) is 0 Å². The molecule has 7 nitrogen and oxygen atoms in total. The monoisotopic (exact) mass is 294 g/mol. The number of carbonyl (C=O) groups is 3. The number of hydrogen-bond donors (Lipinski definition) is 3. The van der Waals surface area contributed by atoms with Gasteiger partial charge < -0.3 is 20.9 Å². The maximum absolute atomic E-state index is 11.8. The van der Waals surface area contributed by atoms with Crippen LogP contribution in [0.5, 0.6) is 5.75 Å². The van der Waals surface area contributed by atoms with Crippen LogP contribution in [0.2, 0.25) is 0 Å². The number of carboxylic acid groups (broad SMARTS) is 1. The van der Waals surface area contributed by atoms with E-state index in [-0.39, 0.29) is 13.0 Å². The summed E-state index contributed by atoms with van der Waals surface area (Å²) < 4.78 is 5.07. The fourth-order valence-electron chi connectivity index (χ4n) is 1.47. The summed E-state index contributed by atoms with van der Waals surface area (Å²) in [5.41, 5.74) is 4.33. The van der Waals surface area contributed by atoms with E-state index in [0.717, 1.165) is 0 Å². The number of primary amides is 1. The molecule has 0 heterocycles. The summed E-state index contributed by atoms with van der Waals surface area (Å²) in [5.74, 6) is -1.57. The molecule has 7 heteroatoms. The first kappa shape index (κ1) is 16.5. The fourth-order valence-corrected chi connectivity index (χ4v) is 1.47. The number of nitrogens with two attached hydrogens (primary N) is 1. The van der Waals surface area contributed by atoms with Gasteiger partial charge in [0.1, 0.15) is 5.75 Å². The number of amides is 2. The SMILES string of the molecule is CC(C)(CC(=O)Nc1ccc(OCC(N)=O)cc1)C(=O)O. The van der Waals surface area contributed by atoms with Gasteiger partial charge in [-0.05, 0) is 38.1 Å². The lowest BCUT2D eigenvalue weighted by Gasteiger charge is -2.18. The van der Waals surface area contributed by atoms with Gasteiger partial charge in [0, 0.05) is 12.1 Å². The maximum Gasteiger partial charge on any atom is 0.309 e. The summed E-state index contributed by atoms with van der Waals surface area (Å²) in [6.07, 6.45) is -0.137. The van der Waals surface area contributed by atoms with Crippen LogP contribution >= 0.6 is 0 Å². The van der Waals surface area contributed by atoms with Crippen molar-refractivity contribution >= 4 is 23.5 Å². The summed E-state index contributed by atoms with van der Waals surface area (Å²) in [7, 11) is 0. The smallest absolute Gasteiger partial charge is 0.309 e. The van der Waals surface area contributed by atoms with Crippen molar-refractivity contribution in [1.29, 1.82) is 0 Å². The van der Waals surface area contributed by atoms with E-state index in [1.54, 1.807) is 24.3 Å². The maximum atomic E-state index is 11.8. The Kier molecular flexibility index (Phi) is 5.29. The van der Waals surface area contributed by atoms with E-state index < -0.39 is 23.2 Å². The van der Waals surface area contributed by atoms with Gasteiger partial charge in [-0.3, -0.25) is 14.4 Å². The van der Waals surface area contributed by atoms with Gasteiger partial charge in [0.05, 0.1) is 5.41 Å². The van der Waals surface area contributed by atoms with Crippen molar-refractivity contribution in [3.63, 3.8) is 0 Å². The molecule has 0 radical (unpaired) electrons. The first-order valence-corrected chi connectivity index (χ1v) is 6.25. The number of carbonyl (C=O) groups excluding carboxylic acids is 2. The summed E-state index contributed by atoms with van der Waals surface area (Å²) in [5, 5.41) is 11.6. The molecule has 4 N–H and O–H groups in total. The van der Waals surface area contributed by atoms with E-state index in [0.29, 0.717) is 11.4 Å². The molecule has 0 saturated heterocycles.